The molecule has 0 saturated heterocycles. The molecule has 0 saturated carbocycles. The number of carbonyl (C=O) groups excluding carboxylic acids is 1. The van der Waals surface area contributed by atoms with Crippen LogP contribution in [0.2, 0.25) is 0 Å². The van der Waals surface area contributed by atoms with E-state index in [2.05, 4.69) is 10.5 Å². The second-order valence-corrected chi connectivity index (χ2v) is 8.82. The molecule has 0 bridgehead atoms. The van der Waals surface area contributed by atoms with Crippen molar-refractivity contribution >= 4 is 17.8 Å². The maximum absolute atomic E-state index is 12.3. The van der Waals surface area contributed by atoms with Gasteiger partial charge in [-0.15, -0.1) is 0 Å². The van der Waals surface area contributed by atoms with Gasteiger partial charge in [-0.1, -0.05) is 60.7 Å². The van der Waals surface area contributed by atoms with Crippen molar-refractivity contribution < 1.29 is 19.2 Å². The standard InChI is InChI=1S/C31H25N5O5/c37-30(22-41-29-14-8-7-13-28(29)36(38)39)33-32-19-25-20-35(26-11-5-2-6-12-26)34-31(25)24-15-17-27(18-16-24)40-21-23-9-3-1-4-10-23/h1-20H,21-22H2,(H,33,37)/b32-19-. The molecular formula is C31H25N5O5. The van der Waals surface area contributed by atoms with Gasteiger partial charge in [-0.3, -0.25) is 14.9 Å². The zero-order valence-corrected chi connectivity index (χ0v) is 21.8. The van der Waals surface area contributed by atoms with Crippen molar-refractivity contribution in [2.75, 3.05) is 6.61 Å². The number of ether oxygens (including phenoxy) is 2. The summed E-state index contributed by atoms with van der Waals surface area (Å²) in [6.07, 6.45) is 3.30. The highest BCUT2D eigenvalue weighted by atomic mass is 16.6. The van der Waals surface area contributed by atoms with E-state index in [0.717, 1.165) is 22.6 Å². The molecule has 5 rings (SSSR count). The number of para-hydroxylation sites is 3. The van der Waals surface area contributed by atoms with Gasteiger partial charge < -0.3 is 9.47 Å². The molecule has 1 amide bonds. The van der Waals surface area contributed by atoms with Gasteiger partial charge in [0, 0.05) is 23.4 Å². The minimum absolute atomic E-state index is 0.000696. The lowest BCUT2D eigenvalue weighted by atomic mass is 10.1. The number of nitro groups is 1. The Hall–Kier alpha value is -5.77. The average molecular weight is 548 g/mol. The van der Waals surface area contributed by atoms with Crippen LogP contribution in [0.1, 0.15) is 11.1 Å². The molecule has 0 radical (unpaired) electrons. The highest BCUT2D eigenvalue weighted by Gasteiger charge is 2.15. The summed E-state index contributed by atoms with van der Waals surface area (Å²) >= 11 is 0. The van der Waals surface area contributed by atoms with Gasteiger partial charge in [0.05, 0.1) is 16.8 Å². The first kappa shape index (κ1) is 26.8. The van der Waals surface area contributed by atoms with Crippen molar-refractivity contribution in [3.05, 3.63) is 137 Å². The Balaban J connectivity index is 1.29. The van der Waals surface area contributed by atoms with E-state index in [1.165, 1.54) is 24.4 Å². The van der Waals surface area contributed by atoms with Crippen molar-refractivity contribution in [1.82, 2.24) is 15.2 Å². The monoisotopic (exact) mass is 547 g/mol. The molecule has 0 atom stereocenters. The number of benzene rings is 4. The fourth-order valence-electron chi connectivity index (χ4n) is 3.95. The molecule has 1 N–H and O–H groups in total. The number of aromatic nitrogens is 2. The van der Waals surface area contributed by atoms with Crippen LogP contribution >= 0.6 is 0 Å². The predicted molar refractivity (Wildman–Crippen MR) is 154 cm³/mol. The first-order chi connectivity index (χ1) is 20.1. The molecule has 41 heavy (non-hydrogen) atoms. The van der Waals surface area contributed by atoms with Crippen molar-refractivity contribution in [1.29, 1.82) is 0 Å². The summed E-state index contributed by atoms with van der Waals surface area (Å²) in [4.78, 5) is 22.9. The average Bonchev–Trinajstić information content (AvgIpc) is 3.44. The Kier molecular flexibility index (Phi) is 8.41. The van der Waals surface area contributed by atoms with Gasteiger partial charge in [0.2, 0.25) is 0 Å². The SMILES string of the molecule is O=C(COc1ccccc1[N+](=O)[O-])N/N=C\c1cn(-c2ccccc2)nc1-c1ccc(OCc2ccccc2)cc1. The first-order valence-electron chi connectivity index (χ1n) is 12.7. The molecule has 204 valence electrons. The molecule has 1 aromatic heterocycles. The Morgan fingerprint density at radius 1 is 0.902 bits per heavy atom. The third-order valence-electron chi connectivity index (χ3n) is 5.95. The summed E-state index contributed by atoms with van der Waals surface area (Å²) in [6.45, 7) is 0.0184. The van der Waals surface area contributed by atoms with Gasteiger partial charge in [0.1, 0.15) is 18.1 Å². The van der Waals surface area contributed by atoms with Crippen LogP contribution in [0.25, 0.3) is 16.9 Å². The lowest BCUT2D eigenvalue weighted by Crippen LogP contribution is -2.24. The number of nitrogens with zero attached hydrogens (tertiary/aromatic N) is 4. The van der Waals surface area contributed by atoms with Crippen LogP contribution < -0.4 is 14.9 Å². The second kappa shape index (κ2) is 12.9. The smallest absolute Gasteiger partial charge is 0.310 e. The molecule has 1 heterocycles. The fourth-order valence-corrected chi connectivity index (χ4v) is 3.95. The summed E-state index contributed by atoms with van der Waals surface area (Å²) in [5, 5.41) is 20.0. The third kappa shape index (κ3) is 7.01. The largest absolute Gasteiger partial charge is 0.489 e. The maximum atomic E-state index is 12.3. The van der Waals surface area contributed by atoms with E-state index in [4.69, 9.17) is 14.6 Å². The van der Waals surface area contributed by atoms with E-state index in [-0.39, 0.29) is 11.4 Å². The van der Waals surface area contributed by atoms with Crippen LogP contribution in [-0.2, 0) is 11.4 Å². The van der Waals surface area contributed by atoms with Crippen molar-refractivity contribution in [3.63, 3.8) is 0 Å². The zero-order valence-electron chi connectivity index (χ0n) is 21.8. The molecule has 10 heteroatoms. The van der Waals surface area contributed by atoms with Gasteiger partial charge in [-0.2, -0.15) is 10.2 Å². The minimum Gasteiger partial charge on any atom is -0.489 e. The van der Waals surface area contributed by atoms with E-state index < -0.39 is 17.4 Å². The highest BCUT2D eigenvalue weighted by molar-refractivity contribution is 5.90. The number of carbonyl (C=O) groups is 1. The number of nitrogens with one attached hydrogen (secondary N) is 1. The van der Waals surface area contributed by atoms with Gasteiger partial charge in [-0.25, -0.2) is 10.1 Å². The van der Waals surface area contributed by atoms with Crippen LogP contribution in [0.3, 0.4) is 0 Å². The van der Waals surface area contributed by atoms with Gasteiger partial charge in [0.15, 0.2) is 12.4 Å². The fraction of sp³-hybridized carbons (Fsp3) is 0.0645. The van der Waals surface area contributed by atoms with E-state index >= 15 is 0 Å². The highest BCUT2D eigenvalue weighted by Crippen LogP contribution is 2.26. The molecule has 0 spiro atoms. The maximum Gasteiger partial charge on any atom is 0.310 e. The number of nitro benzene ring substituents is 1. The van der Waals surface area contributed by atoms with E-state index in [1.54, 1.807) is 10.7 Å². The van der Waals surface area contributed by atoms with E-state index in [0.29, 0.717) is 17.9 Å². The van der Waals surface area contributed by atoms with E-state index in [1.807, 2.05) is 91.1 Å². The lowest BCUT2D eigenvalue weighted by Gasteiger charge is -2.07. The topological polar surface area (TPSA) is 121 Å². The van der Waals surface area contributed by atoms with Crippen LogP contribution in [0.4, 0.5) is 5.69 Å². The van der Waals surface area contributed by atoms with E-state index in [9.17, 15) is 14.9 Å². The molecule has 4 aromatic carbocycles. The Bertz CT molecular complexity index is 1650. The van der Waals surface area contributed by atoms with Crippen molar-refractivity contribution in [2.45, 2.75) is 6.61 Å². The molecule has 0 aliphatic carbocycles. The van der Waals surface area contributed by atoms with Crippen LogP contribution in [0, 0.1) is 10.1 Å². The molecular weight excluding hydrogens is 522 g/mol. The summed E-state index contributed by atoms with van der Waals surface area (Å²) in [5.74, 6) is 0.150. The van der Waals surface area contributed by atoms with Crippen molar-refractivity contribution in [3.8, 4) is 28.4 Å². The summed E-state index contributed by atoms with van der Waals surface area (Å²) in [6, 6.07) is 33.0. The molecule has 0 unspecified atom stereocenters. The summed E-state index contributed by atoms with van der Waals surface area (Å²) in [7, 11) is 0. The van der Waals surface area contributed by atoms with Crippen LogP contribution in [-0.4, -0.2) is 33.4 Å². The number of hydrazone groups is 1. The molecule has 0 aliphatic heterocycles. The van der Waals surface area contributed by atoms with Crippen LogP contribution in [0.5, 0.6) is 11.5 Å². The Morgan fingerprint density at radius 3 is 2.32 bits per heavy atom. The van der Waals surface area contributed by atoms with Crippen molar-refractivity contribution in [2.24, 2.45) is 5.10 Å². The summed E-state index contributed by atoms with van der Waals surface area (Å²) in [5.41, 5.74) is 6.25. The van der Waals surface area contributed by atoms with Crippen LogP contribution in [0.15, 0.2) is 120 Å². The Labute approximate surface area is 235 Å². The second-order valence-electron chi connectivity index (χ2n) is 8.82. The molecule has 5 aromatic rings. The number of amides is 1. The summed E-state index contributed by atoms with van der Waals surface area (Å²) < 4.78 is 13.0. The zero-order chi connectivity index (χ0) is 28.4. The molecule has 10 nitrogen and oxygen atoms in total. The number of rotatable bonds is 11. The molecule has 0 aliphatic rings. The van der Waals surface area contributed by atoms with Gasteiger partial charge >= 0.3 is 5.69 Å². The predicted octanol–water partition coefficient (Wildman–Crippen LogP) is 5.56. The first-order valence-corrected chi connectivity index (χ1v) is 12.7. The number of hydrogen-bond donors (Lipinski definition) is 1. The normalized spacial score (nSPS) is 10.8. The number of hydrogen-bond acceptors (Lipinski definition) is 7. The van der Waals surface area contributed by atoms with Gasteiger partial charge in [-0.05, 0) is 48.0 Å². The molecule has 0 fully saturated rings. The van der Waals surface area contributed by atoms with Gasteiger partial charge in [0.25, 0.3) is 5.91 Å². The third-order valence-corrected chi connectivity index (χ3v) is 5.95. The minimum atomic E-state index is -0.573. The quantitative estimate of drug-likeness (QED) is 0.131. The lowest BCUT2D eigenvalue weighted by molar-refractivity contribution is -0.385. The Morgan fingerprint density at radius 2 is 1.59 bits per heavy atom.